The van der Waals surface area contributed by atoms with E-state index in [1.165, 1.54) is 7.05 Å². The van der Waals surface area contributed by atoms with E-state index in [-0.39, 0.29) is 12.0 Å². The molecule has 7 heteroatoms. The number of carbonyl (C=O) groups is 2. The molecule has 3 rings (SSSR count). The molecular weight excluding hydrogens is 346 g/mol. The van der Waals surface area contributed by atoms with E-state index in [1.54, 1.807) is 0 Å². The molecule has 0 aliphatic carbocycles. The number of fused-ring (bicyclic) bond motifs is 1. The first-order valence-electron chi connectivity index (χ1n) is 8.86. The molecule has 0 saturated heterocycles. The van der Waals surface area contributed by atoms with Crippen LogP contribution < -0.4 is 25.0 Å². The SMILES string of the molecule is CNC(=O)NC(=O)[C@@H](c1ccccc1)[NH+](C)C[C@@H]1COc2ccccc2O1. The highest BCUT2D eigenvalue weighted by molar-refractivity contribution is 5.96. The Balaban J connectivity index is 1.74. The predicted molar refractivity (Wildman–Crippen MR) is 99.9 cm³/mol. The molecule has 3 amide bonds. The standard InChI is InChI=1S/C20H23N3O4/c1-21-20(25)22-19(24)18(14-8-4-3-5-9-14)23(2)12-15-13-26-16-10-6-7-11-17(16)27-15/h3-11,15,18H,12-13H2,1-2H3,(H2,21,22,24,25)/p+1/t15-,18-/m1/s1. The Hall–Kier alpha value is -3.06. The molecular formula is C20H24N3O4+. The number of carbonyl (C=O) groups excluding carboxylic acids is 2. The molecule has 0 aromatic heterocycles. The maximum Gasteiger partial charge on any atom is 0.321 e. The van der Waals surface area contributed by atoms with E-state index in [9.17, 15) is 9.59 Å². The van der Waals surface area contributed by atoms with E-state index < -0.39 is 12.1 Å². The second kappa shape index (κ2) is 8.55. The summed E-state index contributed by atoms with van der Waals surface area (Å²) in [6.07, 6.45) is -0.195. The number of rotatable bonds is 5. The Labute approximate surface area is 158 Å². The number of imide groups is 1. The van der Waals surface area contributed by atoms with Crippen molar-refractivity contribution in [2.24, 2.45) is 0 Å². The van der Waals surface area contributed by atoms with Gasteiger partial charge in [-0.3, -0.25) is 10.1 Å². The Morgan fingerprint density at radius 3 is 2.48 bits per heavy atom. The van der Waals surface area contributed by atoms with E-state index in [0.29, 0.717) is 18.9 Å². The molecule has 3 N–H and O–H groups in total. The molecule has 2 aromatic rings. The third-order valence-electron chi connectivity index (χ3n) is 4.47. The Morgan fingerprint density at radius 1 is 1.11 bits per heavy atom. The molecule has 0 spiro atoms. The van der Waals surface area contributed by atoms with Gasteiger partial charge in [0.1, 0.15) is 13.2 Å². The number of amides is 3. The van der Waals surface area contributed by atoms with Crippen LogP contribution in [0.15, 0.2) is 54.6 Å². The molecule has 0 bridgehead atoms. The summed E-state index contributed by atoms with van der Waals surface area (Å²) in [5.41, 5.74) is 0.827. The molecule has 142 valence electrons. The van der Waals surface area contributed by atoms with Gasteiger partial charge in [-0.05, 0) is 12.1 Å². The number of hydrogen-bond acceptors (Lipinski definition) is 4. The first kappa shape index (κ1) is 18.7. The average molecular weight is 370 g/mol. The third kappa shape index (κ3) is 4.57. The van der Waals surface area contributed by atoms with E-state index in [4.69, 9.17) is 9.47 Å². The van der Waals surface area contributed by atoms with Gasteiger partial charge in [0, 0.05) is 12.6 Å². The zero-order chi connectivity index (χ0) is 19.2. The molecule has 1 heterocycles. The van der Waals surface area contributed by atoms with Crippen molar-refractivity contribution < 1.29 is 24.0 Å². The van der Waals surface area contributed by atoms with E-state index >= 15 is 0 Å². The lowest BCUT2D eigenvalue weighted by molar-refractivity contribution is -0.905. The maximum absolute atomic E-state index is 12.7. The predicted octanol–water partition coefficient (Wildman–Crippen LogP) is 0.538. The Kier molecular flexibility index (Phi) is 5.93. The molecule has 0 fully saturated rings. The fourth-order valence-electron chi connectivity index (χ4n) is 3.19. The highest BCUT2D eigenvalue weighted by Crippen LogP contribution is 2.30. The van der Waals surface area contributed by atoms with Gasteiger partial charge in [-0.2, -0.15) is 0 Å². The van der Waals surface area contributed by atoms with Crippen molar-refractivity contribution in [3.05, 3.63) is 60.2 Å². The molecule has 3 atom stereocenters. The van der Waals surface area contributed by atoms with Crippen molar-refractivity contribution in [2.75, 3.05) is 27.2 Å². The summed E-state index contributed by atoms with van der Waals surface area (Å²) in [6.45, 7) is 0.946. The van der Waals surface area contributed by atoms with Crippen LogP contribution in [0, 0.1) is 0 Å². The second-order valence-corrected chi connectivity index (χ2v) is 6.46. The van der Waals surface area contributed by atoms with Crippen LogP contribution >= 0.6 is 0 Å². The van der Waals surface area contributed by atoms with Gasteiger partial charge in [0.15, 0.2) is 23.6 Å². The molecule has 1 unspecified atom stereocenters. The number of likely N-dealkylation sites (N-methyl/N-ethyl adjacent to an activating group) is 1. The van der Waals surface area contributed by atoms with Crippen molar-refractivity contribution in [3.8, 4) is 11.5 Å². The minimum Gasteiger partial charge on any atom is -0.486 e. The zero-order valence-electron chi connectivity index (χ0n) is 15.4. The van der Waals surface area contributed by atoms with E-state index in [1.807, 2.05) is 61.6 Å². The third-order valence-corrected chi connectivity index (χ3v) is 4.47. The van der Waals surface area contributed by atoms with Gasteiger partial charge >= 0.3 is 6.03 Å². The van der Waals surface area contributed by atoms with Crippen LogP contribution in [0.25, 0.3) is 0 Å². The molecule has 2 aromatic carbocycles. The summed E-state index contributed by atoms with van der Waals surface area (Å²) in [5, 5.41) is 4.79. The van der Waals surface area contributed by atoms with Crippen LogP contribution in [-0.4, -0.2) is 45.3 Å². The summed E-state index contributed by atoms with van der Waals surface area (Å²) < 4.78 is 11.8. The Bertz CT molecular complexity index is 797. The monoisotopic (exact) mass is 370 g/mol. The average Bonchev–Trinajstić information content (AvgIpc) is 2.68. The van der Waals surface area contributed by atoms with Crippen molar-refractivity contribution in [2.45, 2.75) is 12.1 Å². The van der Waals surface area contributed by atoms with Gasteiger partial charge in [-0.15, -0.1) is 0 Å². The van der Waals surface area contributed by atoms with Crippen LogP contribution in [-0.2, 0) is 4.79 Å². The summed E-state index contributed by atoms with van der Waals surface area (Å²) in [4.78, 5) is 25.2. The lowest BCUT2D eigenvalue weighted by Gasteiger charge is -2.31. The van der Waals surface area contributed by atoms with Crippen molar-refractivity contribution in [1.82, 2.24) is 10.6 Å². The van der Waals surface area contributed by atoms with Crippen LogP contribution in [0.4, 0.5) is 4.79 Å². The largest absolute Gasteiger partial charge is 0.486 e. The van der Waals surface area contributed by atoms with Gasteiger partial charge in [0.05, 0.1) is 7.05 Å². The molecule has 1 aliphatic heterocycles. The first-order valence-corrected chi connectivity index (χ1v) is 8.86. The van der Waals surface area contributed by atoms with Crippen LogP contribution in [0.1, 0.15) is 11.6 Å². The highest BCUT2D eigenvalue weighted by Gasteiger charge is 2.33. The fraction of sp³-hybridized carbons (Fsp3) is 0.300. The van der Waals surface area contributed by atoms with Gasteiger partial charge in [-0.1, -0.05) is 42.5 Å². The number of quaternary nitrogens is 1. The van der Waals surface area contributed by atoms with Gasteiger partial charge < -0.3 is 19.7 Å². The highest BCUT2D eigenvalue weighted by atomic mass is 16.6. The normalized spacial score (nSPS) is 17.5. The van der Waals surface area contributed by atoms with E-state index in [2.05, 4.69) is 10.6 Å². The van der Waals surface area contributed by atoms with E-state index in [0.717, 1.165) is 16.2 Å². The summed E-state index contributed by atoms with van der Waals surface area (Å²) >= 11 is 0. The van der Waals surface area contributed by atoms with Crippen LogP contribution in [0.5, 0.6) is 11.5 Å². The number of ether oxygens (including phenoxy) is 2. The minimum absolute atomic E-state index is 0.195. The van der Waals surface area contributed by atoms with Gasteiger partial charge in [0.2, 0.25) is 0 Å². The van der Waals surface area contributed by atoms with Crippen LogP contribution in [0.3, 0.4) is 0 Å². The first-order chi connectivity index (χ1) is 13.1. The second-order valence-electron chi connectivity index (χ2n) is 6.46. The summed E-state index contributed by atoms with van der Waals surface area (Å²) in [7, 11) is 3.38. The zero-order valence-corrected chi connectivity index (χ0v) is 15.4. The summed E-state index contributed by atoms with van der Waals surface area (Å²) in [6, 6.07) is 15.8. The topological polar surface area (TPSA) is 81.1 Å². The summed E-state index contributed by atoms with van der Waals surface area (Å²) in [5.74, 6) is 1.06. The van der Waals surface area contributed by atoms with Gasteiger partial charge in [-0.25, -0.2) is 4.79 Å². The molecule has 0 saturated carbocycles. The Morgan fingerprint density at radius 2 is 1.78 bits per heavy atom. The quantitative estimate of drug-likeness (QED) is 0.718. The van der Waals surface area contributed by atoms with Gasteiger partial charge in [0.25, 0.3) is 5.91 Å². The molecule has 7 nitrogen and oxygen atoms in total. The molecule has 27 heavy (non-hydrogen) atoms. The molecule has 0 radical (unpaired) electrons. The number of benzene rings is 2. The van der Waals surface area contributed by atoms with Crippen molar-refractivity contribution >= 4 is 11.9 Å². The number of hydrogen-bond donors (Lipinski definition) is 3. The number of nitrogens with one attached hydrogen (secondary N) is 3. The van der Waals surface area contributed by atoms with Crippen molar-refractivity contribution in [3.63, 3.8) is 0 Å². The lowest BCUT2D eigenvalue weighted by atomic mass is 10.0. The van der Waals surface area contributed by atoms with Crippen molar-refractivity contribution in [1.29, 1.82) is 0 Å². The number of urea groups is 1. The maximum atomic E-state index is 12.7. The lowest BCUT2D eigenvalue weighted by Crippen LogP contribution is -3.12. The smallest absolute Gasteiger partial charge is 0.321 e. The fourth-order valence-corrected chi connectivity index (χ4v) is 3.19. The molecule has 1 aliphatic rings. The van der Waals surface area contributed by atoms with Crippen LogP contribution in [0.2, 0.25) is 0 Å². The number of para-hydroxylation sites is 2. The minimum atomic E-state index is -0.552.